The first-order valence-electron chi connectivity index (χ1n) is 5.74. The smallest absolute Gasteiger partial charge is 0.407 e. The Kier molecular flexibility index (Phi) is 5.28. The second-order valence-corrected chi connectivity index (χ2v) is 4.27. The number of methoxy groups -OCH3 is 1. The molecule has 0 fully saturated rings. The molecule has 0 spiro atoms. The number of nitrogens with one attached hydrogen (secondary N) is 1. The number of hydrogen-bond donors (Lipinski definition) is 1. The molecule has 100 valence electrons. The second-order valence-electron chi connectivity index (χ2n) is 3.89. The summed E-state index contributed by atoms with van der Waals surface area (Å²) in [6, 6.07) is 1.86. The van der Waals surface area contributed by atoms with Crippen molar-refractivity contribution in [1.29, 1.82) is 0 Å². The van der Waals surface area contributed by atoms with Crippen LogP contribution >= 0.6 is 11.6 Å². The highest BCUT2D eigenvalue weighted by atomic mass is 35.5. The number of ether oxygens (including phenoxy) is 2. The summed E-state index contributed by atoms with van der Waals surface area (Å²) in [6.07, 6.45) is -0.448. The molecule has 1 rings (SSSR count). The molecule has 0 aromatic heterocycles. The van der Waals surface area contributed by atoms with Gasteiger partial charge >= 0.3 is 6.09 Å². The molecule has 1 aromatic carbocycles. The molecule has 0 radical (unpaired) electrons. The Morgan fingerprint density at radius 2 is 2.11 bits per heavy atom. The van der Waals surface area contributed by atoms with E-state index in [9.17, 15) is 4.79 Å². The lowest BCUT2D eigenvalue weighted by Crippen LogP contribution is -2.24. The van der Waals surface area contributed by atoms with Crippen LogP contribution < -0.4 is 10.1 Å². The Morgan fingerprint density at radius 3 is 2.67 bits per heavy atom. The molecule has 0 unspecified atom stereocenters. The van der Waals surface area contributed by atoms with Crippen molar-refractivity contribution in [3.63, 3.8) is 0 Å². The summed E-state index contributed by atoms with van der Waals surface area (Å²) in [4.78, 5) is 11.3. The fraction of sp³-hybridized carbons (Fsp3) is 0.462. The third kappa shape index (κ3) is 3.29. The van der Waals surface area contributed by atoms with Crippen LogP contribution in [0.3, 0.4) is 0 Å². The molecule has 1 N–H and O–H groups in total. The van der Waals surface area contributed by atoms with Gasteiger partial charge in [-0.1, -0.05) is 11.6 Å². The maximum atomic E-state index is 11.3. The van der Waals surface area contributed by atoms with E-state index in [-0.39, 0.29) is 0 Å². The average Bonchev–Trinajstić information content (AvgIpc) is 2.34. The SMILES string of the molecule is CCOC(=O)NCc1c(OC)cc(C)c(Cl)c1C. The highest BCUT2D eigenvalue weighted by molar-refractivity contribution is 6.32. The van der Waals surface area contributed by atoms with Crippen LogP contribution in [0, 0.1) is 13.8 Å². The third-order valence-corrected chi connectivity index (χ3v) is 3.26. The first kappa shape index (κ1) is 14.6. The molecule has 0 aliphatic carbocycles. The lowest BCUT2D eigenvalue weighted by atomic mass is 10.0. The number of benzene rings is 1. The van der Waals surface area contributed by atoms with E-state index >= 15 is 0 Å². The lowest BCUT2D eigenvalue weighted by molar-refractivity contribution is 0.151. The van der Waals surface area contributed by atoms with E-state index in [0.717, 1.165) is 16.7 Å². The molecule has 0 bridgehead atoms. The quantitative estimate of drug-likeness (QED) is 0.915. The Labute approximate surface area is 112 Å². The van der Waals surface area contributed by atoms with E-state index in [1.54, 1.807) is 14.0 Å². The Morgan fingerprint density at radius 1 is 1.44 bits per heavy atom. The Balaban J connectivity index is 2.93. The van der Waals surface area contributed by atoms with Gasteiger partial charge in [0.05, 0.1) is 20.3 Å². The molecular weight excluding hydrogens is 254 g/mol. The standard InChI is InChI=1S/C13H18ClNO3/c1-5-18-13(16)15-7-10-9(3)12(14)8(2)6-11(10)17-4/h6H,5,7H2,1-4H3,(H,15,16). The maximum absolute atomic E-state index is 11.3. The molecule has 4 nitrogen and oxygen atoms in total. The molecular formula is C13H18ClNO3. The summed E-state index contributed by atoms with van der Waals surface area (Å²) >= 11 is 6.19. The van der Waals surface area contributed by atoms with Crippen molar-refractivity contribution in [2.24, 2.45) is 0 Å². The Hall–Kier alpha value is -1.42. The number of halogens is 1. The molecule has 1 amide bonds. The van der Waals surface area contributed by atoms with Crippen LogP contribution in [0.5, 0.6) is 5.75 Å². The molecule has 5 heteroatoms. The van der Waals surface area contributed by atoms with Crippen LogP contribution in [-0.4, -0.2) is 19.8 Å². The summed E-state index contributed by atoms with van der Waals surface area (Å²) in [7, 11) is 1.59. The van der Waals surface area contributed by atoms with Gasteiger partial charge in [0.25, 0.3) is 0 Å². The zero-order chi connectivity index (χ0) is 13.7. The minimum atomic E-state index is -0.448. The van der Waals surface area contributed by atoms with Gasteiger partial charge in [-0.25, -0.2) is 4.79 Å². The summed E-state index contributed by atoms with van der Waals surface area (Å²) in [5, 5.41) is 3.35. The number of aryl methyl sites for hydroxylation is 1. The van der Waals surface area contributed by atoms with Crippen molar-refractivity contribution in [3.05, 3.63) is 27.8 Å². The number of amides is 1. The van der Waals surface area contributed by atoms with Crippen molar-refractivity contribution in [2.45, 2.75) is 27.3 Å². The zero-order valence-electron chi connectivity index (χ0n) is 11.1. The number of rotatable bonds is 4. The molecule has 0 saturated carbocycles. The first-order chi connectivity index (χ1) is 8.51. The van der Waals surface area contributed by atoms with Gasteiger partial charge in [-0.3, -0.25) is 0 Å². The van der Waals surface area contributed by atoms with Crippen LogP contribution in [0.4, 0.5) is 4.79 Å². The van der Waals surface area contributed by atoms with E-state index in [1.165, 1.54) is 0 Å². The van der Waals surface area contributed by atoms with Crippen molar-refractivity contribution in [1.82, 2.24) is 5.32 Å². The minimum Gasteiger partial charge on any atom is -0.496 e. The highest BCUT2D eigenvalue weighted by Crippen LogP contribution is 2.31. The predicted octanol–water partition coefficient (Wildman–Crippen LogP) is 3.21. The summed E-state index contributed by atoms with van der Waals surface area (Å²) < 4.78 is 10.1. The van der Waals surface area contributed by atoms with Gasteiger partial charge in [-0.2, -0.15) is 0 Å². The molecule has 0 heterocycles. The van der Waals surface area contributed by atoms with E-state index in [0.29, 0.717) is 23.9 Å². The maximum Gasteiger partial charge on any atom is 0.407 e. The summed E-state index contributed by atoms with van der Waals surface area (Å²) in [5.74, 6) is 0.714. The number of hydrogen-bond acceptors (Lipinski definition) is 3. The summed E-state index contributed by atoms with van der Waals surface area (Å²) in [5.41, 5.74) is 2.72. The first-order valence-corrected chi connectivity index (χ1v) is 6.12. The average molecular weight is 272 g/mol. The van der Waals surface area contributed by atoms with E-state index in [2.05, 4.69) is 5.32 Å². The van der Waals surface area contributed by atoms with Crippen LogP contribution in [0.1, 0.15) is 23.6 Å². The largest absolute Gasteiger partial charge is 0.496 e. The molecule has 0 aliphatic heterocycles. The zero-order valence-corrected chi connectivity index (χ0v) is 11.9. The molecule has 0 atom stereocenters. The van der Waals surface area contributed by atoms with Gasteiger partial charge in [-0.15, -0.1) is 0 Å². The van der Waals surface area contributed by atoms with Crippen LogP contribution in [0.2, 0.25) is 5.02 Å². The van der Waals surface area contributed by atoms with Gasteiger partial charge in [0.2, 0.25) is 0 Å². The van der Waals surface area contributed by atoms with Crippen LogP contribution in [0.25, 0.3) is 0 Å². The fourth-order valence-electron chi connectivity index (χ4n) is 1.70. The van der Waals surface area contributed by atoms with Gasteiger partial charge in [0, 0.05) is 10.6 Å². The van der Waals surface area contributed by atoms with E-state index < -0.39 is 6.09 Å². The van der Waals surface area contributed by atoms with Crippen molar-refractivity contribution >= 4 is 17.7 Å². The van der Waals surface area contributed by atoms with Gasteiger partial charge < -0.3 is 14.8 Å². The second kappa shape index (κ2) is 6.50. The normalized spacial score (nSPS) is 10.1. The van der Waals surface area contributed by atoms with Gasteiger partial charge in [0.1, 0.15) is 5.75 Å². The number of carbonyl (C=O) groups is 1. The van der Waals surface area contributed by atoms with Crippen molar-refractivity contribution in [2.75, 3.05) is 13.7 Å². The topological polar surface area (TPSA) is 47.6 Å². The van der Waals surface area contributed by atoms with Gasteiger partial charge in [0.15, 0.2) is 0 Å². The molecule has 0 aliphatic rings. The predicted molar refractivity (Wildman–Crippen MR) is 71.3 cm³/mol. The Bertz CT molecular complexity index is 446. The molecule has 1 aromatic rings. The number of carbonyl (C=O) groups excluding carboxylic acids is 1. The van der Waals surface area contributed by atoms with E-state index in [1.807, 2.05) is 19.9 Å². The molecule has 18 heavy (non-hydrogen) atoms. The fourth-order valence-corrected chi connectivity index (χ4v) is 1.87. The van der Waals surface area contributed by atoms with Crippen LogP contribution in [-0.2, 0) is 11.3 Å². The van der Waals surface area contributed by atoms with Crippen molar-refractivity contribution in [3.8, 4) is 5.75 Å². The van der Waals surface area contributed by atoms with Crippen molar-refractivity contribution < 1.29 is 14.3 Å². The third-order valence-electron chi connectivity index (χ3n) is 2.68. The highest BCUT2D eigenvalue weighted by Gasteiger charge is 2.13. The number of alkyl carbamates (subject to hydrolysis) is 1. The summed E-state index contributed by atoms with van der Waals surface area (Å²) in [6.45, 7) is 6.25. The van der Waals surface area contributed by atoms with Gasteiger partial charge in [-0.05, 0) is 38.0 Å². The molecule has 0 saturated heterocycles. The van der Waals surface area contributed by atoms with E-state index in [4.69, 9.17) is 21.1 Å². The monoisotopic (exact) mass is 271 g/mol. The van der Waals surface area contributed by atoms with Crippen LogP contribution in [0.15, 0.2) is 6.07 Å². The minimum absolute atomic E-state index is 0.327. The lowest BCUT2D eigenvalue weighted by Gasteiger charge is -2.15.